The first kappa shape index (κ1) is 14.2. The Morgan fingerprint density at radius 3 is 1.27 bits per heavy atom. The van der Waals surface area contributed by atoms with Gasteiger partial charge in [-0.2, -0.15) is 0 Å². The summed E-state index contributed by atoms with van der Waals surface area (Å²) in [6.07, 6.45) is 0. The Morgan fingerprint density at radius 1 is 0.818 bits per heavy atom. The number of halogens is 1. The normalized spacial score (nSPS) is 9.82. The molecule has 0 atom stereocenters. The summed E-state index contributed by atoms with van der Waals surface area (Å²) in [5.41, 5.74) is 0. The van der Waals surface area contributed by atoms with E-state index in [1.807, 2.05) is 20.8 Å². The maximum absolute atomic E-state index is 5.20. The third-order valence-corrected chi connectivity index (χ3v) is 2.65. The van der Waals surface area contributed by atoms with E-state index in [2.05, 4.69) is 0 Å². The summed E-state index contributed by atoms with van der Waals surface area (Å²) in [4.78, 5) is 0. The van der Waals surface area contributed by atoms with E-state index in [0.29, 0.717) is 19.8 Å². The van der Waals surface area contributed by atoms with Gasteiger partial charge >= 0.3 is 67.1 Å². The zero-order chi connectivity index (χ0) is 7.82. The number of hydrogen-bond donors (Lipinski definition) is 0. The van der Waals surface area contributed by atoms with Crippen molar-refractivity contribution in [3.63, 3.8) is 0 Å². The molecule has 0 radical (unpaired) electrons. The number of rotatable bonds is 6. The molecule has 0 aliphatic heterocycles. The van der Waals surface area contributed by atoms with Crippen molar-refractivity contribution in [1.82, 2.24) is 0 Å². The summed E-state index contributed by atoms with van der Waals surface area (Å²) in [6, 6.07) is 0. The van der Waals surface area contributed by atoms with Crippen LogP contribution in [-0.2, 0) is 26.5 Å². The van der Waals surface area contributed by atoms with E-state index in [1.54, 1.807) is 0 Å². The van der Waals surface area contributed by atoms with Crippen LogP contribution in [0.1, 0.15) is 20.8 Å². The van der Waals surface area contributed by atoms with Gasteiger partial charge in [0.05, 0.1) is 0 Å². The molecular formula is C6H15ClCrO3. The van der Waals surface area contributed by atoms with E-state index < -0.39 is 15.1 Å². The Kier molecular flexibility index (Phi) is 13.9. The van der Waals surface area contributed by atoms with Gasteiger partial charge < -0.3 is 12.4 Å². The van der Waals surface area contributed by atoms with Gasteiger partial charge in [0.15, 0.2) is 0 Å². The molecule has 0 aromatic carbocycles. The fourth-order valence-electron chi connectivity index (χ4n) is 0.391. The zero-order valence-electron chi connectivity index (χ0n) is 7.13. The Bertz CT molecular complexity index is 60.6. The number of hydrogen-bond acceptors (Lipinski definition) is 3. The summed E-state index contributed by atoms with van der Waals surface area (Å²) in [7, 11) is 0. The summed E-state index contributed by atoms with van der Waals surface area (Å²) < 4.78 is 15.6. The predicted molar refractivity (Wildman–Crippen MR) is 34.9 cm³/mol. The molecule has 0 heterocycles. The van der Waals surface area contributed by atoms with Gasteiger partial charge in [0.2, 0.25) is 0 Å². The molecule has 0 unspecified atom stereocenters. The smallest absolute Gasteiger partial charge is 1.00 e. The monoisotopic (exact) mass is 222 g/mol. The molecule has 0 saturated carbocycles. The molecular weight excluding hydrogens is 208 g/mol. The molecule has 0 N–H and O–H groups in total. The first-order valence-corrected chi connectivity index (χ1v) is 5.05. The molecule has 0 amide bonds. The van der Waals surface area contributed by atoms with E-state index in [9.17, 15) is 0 Å². The summed E-state index contributed by atoms with van der Waals surface area (Å²) in [5, 5.41) is 0. The fourth-order valence-corrected chi connectivity index (χ4v) is 1.61. The second-order valence-corrected chi connectivity index (χ2v) is 3.17. The molecule has 0 rings (SSSR count). The van der Waals surface area contributed by atoms with Crippen LogP contribution >= 0.6 is 0 Å². The zero-order valence-corrected chi connectivity index (χ0v) is 9.16. The van der Waals surface area contributed by atoms with Crippen LogP contribution in [0.4, 0.5) is 0 Å². The van der Waals surface area contributed by atoms with E-state index in [4.69, 9.17) is 11.4 Å². The van der Waals surface area contributed by atoms with E-state index in [-0.39, 0.29) is 12.4 Å². The van der Waals surface area contributed by atoms with Gasteiger partial charge in [-0.05, 0) is 0 Å². The molecule has 0 fully saturated rings. The first-order chi connectivity index (χ1) is 4.85. The van der Waals surface area contributed by atoms with Crippen molar-refractivity contribution < 1.29 is 38.9 Å². The van der Waals surface area contributed by atoms with Gasteiger partial charge in [-0.3, -0.25) is 0 Å². The van der Waals surface area contributed by atoms with Gasteiger partial charge in [0.1, 0.15) is 0 Å². The van der Waals surface area contributed by atoms with Crippen molar-refractivity contribution >= 4 is 0 Å². The average Bonchev–Trinajstić information content (AvgIpc) is 1.90. The molecule has 70 valence electrons. The van der Waals surface area contributed by atoms with Crippen molar-refractivity contribution in [3.05, 3.63) is 0 Å². The Morgan fingerprint density at radius 2 is 1.09 bits per heavy atom. The van der Waals surface area contributed by atoms with Crippen molar-refractivity contribution in [2.24, 2.45) is 0 Å². The van der Waals surface area contributed by atoms with Gasteiger partial charge in [-0.25, -0.2) is 0 Å². The molecule has 11 heavy (non-hydrogen) atoms. The molecule has 0 aliphatic carbocycles. The van der Waals surface area contributed by atoms with Crippen LogP contribution in [-0.4, -0.2) is 19.8 Å². The van der Waals surface area contributed by atoms with Crippen molar-refractivity contribution in [1.29, 1.82) is 0 Å². The van der Waals surface area contributed by atoms with Crippen LogP contribution in [0.5, 0.6) is 0 Å². The SMILES string of the molecule is CC[O][Cr+]([O]CC)[O]CC.[Cl-]. The van der Waals surface area contributed by atoms with Gasteiger partial charge in [0, 0.05) is 0 Å². The fraction of sp³-hybridized carbons (Fsp3) is 1.00. The van der Waals surface area contributed by atoms with Crippen LogP contribution < -0.4 is 12.4 Å². The minimum atomic E-state index is -1.61. The third-order valence-electron chi connectivity index (χ3n) is 0.642. The van der Waals surface area contributed by atoms with Crippen molar-refractivity contribution in [3.8, 4) is 0 Å². The molecule has 5 heteroatoms. The van der Waals surface area contributed by atoms with E-state index in [1.165, 1.54) is 0 Å². The quantitative estimate of drug-likeness (QED) is 0.546. The topological polar surface area (TPSA) is 27.7 Å². The van der Waals surface area contributed by atoms with Crippen LogP contribution in [0.25, 0.3) is 0 Å². The van der Waals surface area contributed by atoms with Gasteiger partial charge in [-0.15, -0.1) is 0 Å². The Balaban J connectivity index is 0. The maximum Gasteiger partial charge on any atom is -1.00 e. The van der Waals surface area contributed by atoms with Crippen LogP contribution in [0.3, 0.4) is 0 Å². The van der Waals surface area contributed by atoms with E-state index in [0.717, 1.165) is 0 Å². The summed E-state index contributed by atoms with van der Waals surface area (Å²) in [5.74, 6) is 0. The molecule has 0 saturated heterocycles. The average molecular weight is 223 g/mol. The molecule has 0 spiro atoms. The molecule has 0 bridgehead atoms. The second-order valence-electron chi connectivity index (χ2n) is 1.42. The standard InChI is InChI=1S/3C2H5O.ClH.Cr/c3*1-2-3;;/h3*2H2,1H3;1H;/q3*-1;;+4/p-1. The minimum absolute atomic E-state index is 0. The largest absolute Gasteiger partial charge is 1.00 e. The second kappa shape index (κ2) is 10.7. The third kappa shape index (κ3) is 8.61. The molecule has 0 aromatic heterocycles. The van der Waals surface area contributed by atoms with Gasteiger partial charge in [0.25, 0.3) is 0 Å². The minimum Gasteiger partial charge on any atom is -1.00 e. The van der Waals surface area contributed by atoms with Crippen LogP contribution in [0, 0.1) is 0 Å². The van der Waals surface area contributed by atoms with Gasteiger partial charge in [-0.1, -0.05) is 0 Å². The Hall–Kier alpha value is 0.702. The first-order valence-electron chi connectivity index (χ1n) is 3.49. The van der Waals surface area contributed by atoms with Crippen LogP contribution in [0.2, 0.25) is 0 Å². The van der Waals surface area contributed by atoms with Crippen molar-refractivity contribution in [2.75, 3.05) is 19.8 Å². The molecule has 3 nitrogen and oxygen atoms in total. The molecule has 0 aliphatic rings. The maximum atomic E-state index is 5.20. The van der Waals surface area contributed by atoms with Crippen LogP contribution in [0.15, 0.2) is 0 Å². The Labute approximate surface area is 79.8 Å². The summed E-state index contributed by atoms with van der Waals surface area (Å²) >= 11 is -1.61. The van der Waals surface area contributed by atoms with Crippen molar-refractivity contribution in [2.45, 2.75) is 20.8 Å². The predicted octanol–water partition coefficient (Wildman–Crippen LogP) is -1.54. The summed E-state index contributed by atoms with van der Waals surface area (Å²) in [6.45, 7) is 7.83. The molecule has 0 aromatic rings. The van der Waals surface area contributed by atoms with E-state index >= 15 is 0 Å².